The van der Waals surface area contributed by atoms with Crippen molar-refractivity contribution in [3.05, 3.63) is 102 Å². The molecule has 30 heavy (non-hydrogen) atoms. The number of halogens is 1. The summed E-state index contributed by atoms with van der Waals surface area (Å²) >= 11 is 6.27. The molecule has 4 rings (SSSR count). The molecule has 150 valence electrons. The molecule has 0 aliphatic heterocycles. The second kappa shape index (κ2) is 8.30. The van der Waals surface area contributed by atoms with Crippen LogP contribution in [0.25, 0.3) is 22.3 Å². The number of aromatic nitrogens is 1. The van der Waals surface area contributed by atoms with Gasteiger partial charge in [-0.15, -0.1) is 0 Å². The van der Waals surface area contributed by atoms with E-state index in [9.17, 15) is 8.42 Å². The molecule has 0 aliphatic carbocycles. The molecule has 0 atom stereocenters. The average molecular weight is 435 g/mol. The van der Waals surface area contributed by atoms with Gasteiger partial charge in [0.05, 0.1) is 4.90 Å². The van der Waals surface area contributed by atoms with Crippen molar-refractivity contribution in [1.29, 1.82) is 0 Å². The number of pyridine rings is 1. The molecule has 1 aromatic heterocycles. The van der Waals surface area contributed by atoms with Crippen LogP contribution in [0.4, 0.5) is 5.82 Å². The lowest BCUT2D eigenvalue weighted by molar-refractivity contribution is 0.601. The Balaban J connectivity index is 1.58. The zero-order valence-electron chi connectivity index (χ0n) is 16.2. The maximum absolute atomic E-state index is 12.8. The van der Waals surface area contributed by atoms with Crippen LogP contribution in [0.15, 0.2) is 95.9 Å². The minimum absolute atomic E-state index is 0.178. The molecule has 4 aromatic rings. The normalized spacial score (nSPS) is 11.3. The van der Waals surface area contributed by atoms with E-state index in [-0.39, 0.29) is 10.7 Å². The highest BCUT2D eigenvalue weighted by Gasteiger charge is 2.16. The van der Waals surface area contributed by atoms with E-state index >= 15 is 0 Å². The van der Waals surface area contributed by atoms with Crippen LogP contribution >= 0.6 is 11.6 Å². The first-order valence-corrected chi connectivity index (χ1v) is 11.2. The van der Waals surface area contributed by atoms with E-state index in [1.54, 1.807) is 30.3 Å². The largest absolute Gasteiger partial charge is 0.263 e. The zero-order valence-corrected chi connectivity index (χ0v) is 17.8. The zero-order chi connectivity index (χ0) is 21.1. The number of nitrogens with zero attached hydrogens (tertiary/aromatic N) is 1. The summed E-state index contributed by atoms with van der Waals surface area (Å²) in [7, 11) is -3.75. The van der Waals surface area contributed by atoms with Gasteiger partial charge in [0.15, 0.2) is 0 Å². The smallest absolute Gasteiger partial charge is 0.263 e. The summed E-state index contributed by atoms with van der Waals surface area (Å²) in [5.41, 5.74) is 4.38. The fraction of sp³-hybridized carbons (Fsp3) is 0.0417. The lowest BCUT2D eigenvalue weighted by Crippen LogP contribution is -2.14. The van der Waals surface area contributed by atoms with Gasteiger partial charge in [-0.25, -0.2) is 13.4 Å². The Hall–Kier alpha value is -3.15. The third-order valence-corrected chi connectivity index (χ3v) is 6.46. The molecule has 4 nitrogen and oxygen atoms in total. The highest BCUT2D eigenvalue weighted by atomic mass is 35.5. The Morgan fingerprint density at radius 1 is 0.733 bits per heavy atom. The van der Waals surface area contributed by atoms with Crippen molar-refractivity contribution in [3.63, 3.8) is 0 Å². The predicted octanol–water partition coefficient (Wildman–Crippen LogP) is 6.18. The third-order valence-electron chi connectivity index (χ3n) is 4.76. The standard InChI is InChI=1S/C24H19ClN2O2S/c1-17-21(22-9-5-6-10-23(22)25)15-16-24(26-17)27-30(28,29)20-13-11-19(12-14-20)18-7-3-2-4-8-18/h2-16H,1H3,(H,26,27). The molecule has 1 heterocycles. The highest BCUT2D eigenvalue weighted by molar-refractivity contribution is 7.92. The summed E-state index contributed by atoms with van der Waals surface area (Å²) in [5, 5.41) is 0.620. The van der Waals surface area contributed by atoms with Crippen molar-refractivity contribution >= 4 is 27.4 Å². The minimum Gasteiger partial charge on any atom is -0.263 e. The molecule has 0 unspecified atom stereocenters. The number of aryl methyl sites for hydroxylation is 1. The van der Waals surface area contributed by atoms with E-state index in [1.807, 2.05) is 67.6 Å². The number of hydrogen-bond donors (Lipinski definition) is 1. The fourth-order valence-electron chi connectivity index (χ4n) is 3.24. The predicted molar refractivity (Wildman–Crippen MR) is 122 cm³/mol. The van der Waals surface area contributed by atoms with E-state index in [2.05, 4.69) is 9.71 Å². The van der Waals surface area contributed by atoms with Gasteiger partial charge in [-0.05, 0) is 48.4 Å². The molecule has 1 N–H and O–H groups in total. The number of rotatable bonds is 5. The van der Waals surface area contributed by atoms with Crippen molar-refractivity contribution in [2.75, 3.05) is 4.72 Å². The molecule has 0 bridgehead atoms. The van der Waals surface area contributed by atoms with Crippen LogP contribution in [0.2, 0.25) is 5.02 Å². The lowest BCUT2D eigenvalue weighted by Gasteiger charge is -2.12. The van der Waals surface area contributed by atoms with E-state index in [1.165, 1.54) is 0 Å². The van der Waals surface area contributed by atoms with Gasteiger partial charge in [0, 0.05) is 21.8 Å². The van der Waals surface area contributed by atoms with Crippen molar-refractivity contribution in [3.8, 4) is 22.3 Å². The first kappa shape index (κ1) is 20.1. The van der Waals surface area contributed by atoms with Crippen molar-refractivity contribution in [1.82, 2.24) is 4.98 Å². The Bertz CT molecular complexity index is 1290. The highest BCUT2D eigenvalue weighted by Crippen LogP contribution is 2.30. The van der Waals surface area contributed by atoms with Crippen molar-refractivity contribution < 1.29 is 8.42 Å². The Morgan fingerprint density at radius 2 is 1.37 bits per heavy atom. The van der Waals surface area contributed by atoms with E-state index in [0.717, 1.165) is 22.3 Å². The van der Waals surface area contributed by atoms with Gasteiger partial charge < -0.3 is 0 Å². The summed E-state index contributed by atoms with van der Waals surface area (Å²) in [6, 6.07) is 27.5. The molecule has 0 radical (unpaired) electrons. The van der Waals surface area contributed by atoms with Gasteiger partial charge in [-0.1, -0.05) is 72.3 Å². The van der Waals surface area contributed by atoms with Crippen molar-refractivity contribution in [2.45, 2.75) is 11.8 Å². The quantitative estimate of drug-likeness (QED) is 0.408. The maximum atomic E-state index is 12.8. The second-order valence-corrected chi connectivity index (χ2v) is 8.89. The number of anilines is 1. The van der Waals surface area contributed by atoms with Crippen LogP contribution in [0.1, 0.15) is 5.69 Å². The molecular formula is C24H19ClN2O2S. The SMILES string of the molecule is Cc1nc(NS(=O)(=O)c2ccc(-c3ccccc3)cc2)ccc1-c1ccccc1Cl. The Kier molecular flexibility index (Phi) is 5.57. The first-order valence-electron chi connectivity index (χ1n) is 9.35. The summed E-state index contributed by atoms with van der Waals surface area (Å²) in [5.74, 6) is 0.260. The van der Waals surface area contributed by atoms with Crippen LogP contribution < -0.4 is 4.72 Å². The van der Waals surface area contributed by atoms with Crippen LogP contribution in [-0.4, -0.2) is 13.4 Å². The molecule has 6 heteroatoms. The molecule has 0 saturated heterocycles. The fourth-order valence-corrected chi connectivity index (χ4v) is 4.47. The van der Waals surface area contributed by atoms with Crippen LogP contribution in [0, 0.1) is 6.92 Å². The van der Waals surface area contributed by atoms with Crippen molar-refractivity contribution in [2.24, 2.45) is 0 Å². The molecule has 0 fully saturated rings. The topological polar surface area (TPSA) is 59.1 Å². The maximum Gasteiger partial charge on any atom is 0.263 e. The number of sulfonamides is 1. The monoisotopic (exact) mass is 434 g/mol. The second-order valence-electron chi connectivity index (χ2n) is 6.81. The Labute approximate surface area is 181 Å². The minimum atomic E-state index is -3.75. The van der Waals surface area contributed by atoms with E-state index in [4.69, 9.17) is 11.6 Å². The van der Waals surface area contributed by atoms with Gasteiger partial charge in [0.2, 0.25) is 0 Å². The summed E-state index contributed by atoms with van der Waals surface area (Å²) < 4.78 is 28.2. The number of hydrogen-bond acceptors (Lipinski definition) is 3. The lowest BCUT2D eigenvalue weighted by atomic mass is 10.0. The van der Waals surface area contributed by atoms with Gasteiger partial charge in [-0.2, -0.15) is 0 Å². The molecule has 0 amide bonds. The molecule has 0 aliphatic rings. The number of benzene rings is 3. The third kappa shape index (κ3) is 4.22. The molecular weight excluding hydrogens is 416 g/mol. The number of nitrogens with one attached hydrogen (secondary N) is 1. The first-order chi connectivity index (χ1) is 14.4. The van der Waals surface area contributed by atoms with E-state index < -0.39 is 10.0 Å². The Morgan fingerprint density at radius 3 is 2.03 bits per heavy atom. The molecule has 0 spiro atoms. The molecule has 0 saturated carbocycles. The van der Waals surface area contributed by atoms with Gasteiger partial charge in [0.1, 0.15) is 5.82 Å². The summed E-state index contributed by atoms with van der Waals surface area (Å²) in [6.07, 6.45) is 0. The average Bonchev–Trinajstić information content (AvgIpc) is 2.75. The van der Waals surface area contributed by atoms with E-state index in [0.29, 0.717) is 10.7 Å². The van der Waals surface area contributed by atoms with Gasteiger partial charge >= 0.3 is 0 Å². The summed E-state index contributed by atoms with van der Waals surface area (Å²) in [6.45, 7) is 1.82. The van der Waals surface area contributed by atoms with Crippen LogP contribution in [0.3, 0.4) is 0 Å². The van der Waals surface area contributed by atoms with Gasteiger partial charge in [0.25, 0.3) is 10.0 Å². The van der Waals surface area contributed by atoms with Crippen LogP contribution in [0.5, 0.6) is 0 Å². The van der Waals surface area contributed by atoms with Gasteiger partial charge in [-0.3, -0.25) is 4.72 Å². The molecule has 3 aromatic carbocycles. The van der Waals surface area contributed by atoms with Crippen LogP contribution in [-0.2, 0) is 10.0 Å². The summed E-state index contributed by atoms with van der Waals surface area (Å²) in [4.78, 5) is 4.60.